The number of ketones is 1. The van der Waals surface area contributed by atoms with Crippen LogP contribution in [0.15, 0.2) is 18.3 Å². The molecule has 1 saturated carbocycles. The second-order valence-corrected chi connectivity index (χ2v) is 12.0. The molecule has 0 N–H and O–H groups in total. The largest absolute Gasteiger partial charge is 0.411 e. The first kappa shape index (κ1) is 15.4. The molecule has 1 aromatic rings. The van der Waals surface area contributed by atoms with E-state index in [1.165, 1.54) is 0 Å². The van der Waals surface area contributed by atoms with Gasteiger partial charge in [0.15, 0.2) is 14.1 Å². The van der Waals surface area contributed by atoms with Gasteiger partial charge in [0, 0.05) is 17.7 Å². The van der Waals surface area contributed by atoms with Crippen LogP contribution < -0.4 is 0 Å². The van der Waals surface area contributed by atoms with E-state index in [2.05, 4.69) is 38.8 Å². The molecule has 1 aromatic heterocycles. The van der Waals surface area contributed by atoms with Crippen molar-refractivity contribution in [1.29, 1.82) is 0 Å². The highest BCUT2D eigenvalue weighted by atomic mass is 28.4. The van der Waals surface area contributed by atoms with Crippen LogP contribution in [0.2, 0.25) is 18.1 Å². The van der Waals surface area contributed by atoms with Crippen molar-refractivity contribution in [2.75, 3.05) is 0 Å². The highest BCUT2D eigenvalue weighted by molar-refractivity contribution is 6.74. The molecule has 110 valence electrons. The molecule has 20 heavy (non-hydrogen) atoms. The number of pyridine rings is 1. The summed E-state index contributed by atoms with van der Waals surface area (Å²) in [4.78, 5) is 16.3. The summed E-state index contributed by atoms with van der Waals surface area (Å²) in [5.74, 6) is 0.500. The van der Waals surface area contributed by atoms with E-state index in [1.54, 1.807) is 6.20 Å². The maximum absolute atomic E-state index is 11.9. The smallest absolute Gasteiger partial charge is 0.192 e. The van der Waals surface area contributed by atoms with Crippen molar-refractivity contribution in [3.63, 3.8) is 0 Å². The van der Waals surface area contributed by atoms with E-state index in [1.807, 2.05) is 12.1 Å². The third-order valence-electron chi connectivity index (χ3n) is 4.44. The summed E-state index contributed by atoms with van der Waals surface area (Å²) >= 11 is 0. The number of nitrogens with zero attached hydrogens (tertiary/aromatic N) is 1. The van der Waals surface area contributed by atoms with Crippen LogP contribution in [-0.2, 0) is 11.0 Å². The Balaban J connectivity index is 1.95. The predicted octanol–water partition coefficient (Wildman–Crippen LogP) is 4.20. The Bertz CT molecular complexity index is 484. The molecule has 0 atom stereocenters. The molecule has 4 heteroatoms. The molecule has 1 aliphatic carbocycles. The quantitative estimate of drug-likeness (QED) is 0.603. The van der Waals surface area contributed by atoms with E-state index in [-0.39, 0.29) is 16.7 Å². The molecule has 0 aliphatic heterocycles. The average Bonchev–Trinajstić information content (AvgIpc) is 3.19. The Morgan fingerprint density at radius 2 is 2.00 bits per heavy atom. The van der Waals surface area contributed by atoms with E-state index >= 15 is 0 Å². The molecule has 1 heterocycles. The molecule has 0 bridgehead atoms. The minimum Gasteiger partial charge on any atom is -0.411 e. The van der Waals surface area contributed by atoms with E-state index < -0.39 is 8.32 Å². The number of carbonyl (C=O) groups is 1. The normalized spacial score (nSPS) is 16.2. The molecular weight excluding hydrogens is 266 g/mol. The molecule has 1 fully saturated rings. The van der Waals surface area contributed by atoms with Crippen LogP contribution in [0.25, 0.3) is 0 Å². The zero-order valence-electron chi connectivity index (χ0n) is 13.2. The van der Waals surface area contributed by atoms with Gasteiger partial charge in [0.2, 0.25) is 0 Å². The van der Waals surface area contributed by atoms with Gasteiger partial charge in [-0.1, -0.05) is 20.8 Å². The second kappa shape index (κ2) is 5.41. The molecule has 0 amide bonds. The third-order valence-corrected chi connectivity index (χ3v) is 8.92. The van der Waals surface area contributed by atoms with E-state index in [0.29, 0.717) is 6.61 Å². The highest BCUT2D eigenvalue weighted by Gasteiger charge is 2.37. The van der Waals surface area contributed by atoms with Crippen LogP contribution in [-0.4, -0.2) is 19.1 Å². The Hall–Kier alpha value is -1.00. The van der Waals surface area contributed by atoms with Gasteiger partial charge in [0.25, 0.3) is 0 Å². The Morgan fingerprint density at radius 1 is 1.35 bits per heavy atom. The summed E-state index contributed by atoms with van der Waals surface area (Å²) in [6.07, 6.45) is 3.77. The second-order valence-electron chi connectivity index (χ2n) is 7.23. The fraction of sp³-hybridized carbons (Fsp3) is 0.625. The number of aromatic nitrogens is 1. The Morgan fingerprint density at radius 3 is 2.45 bits per heavy atom. The molecule has 0 saturated heterocycles. The SMILES string of the molecule is CC(C)(C)[Si](C)(C)OCc1ccc(C(=O)C2CC2)cn1. The first-order valence-electron chi connectivity index (χ1n) is 7.34. The number of Topliss-reactive ketones (excluding diaryl/α,β-unsaturated/α-hetero) is 1. The Kier molecular flexibility index (Phi) is 4.16. The van der Waals surface area contributed by atoms with Gasteiger partial charge in [0.05, 0.1) is 12.3 Å². The van der Waals surface area contributed by atoms with Gasteiger partial charge < -0.3 is 4.43 Å². The fourth-order valence-corrected chi connectivity index (χ4v) is 2.65. The molecule has 2 rings (SSSR count). The number of hydrogen-bond donors (Lipinski definition) is 0. The molecule has 1 aliphatic rings. The lowest BCUT2D eigenvalue weighted by molar-refractivity contribution is 0.0967. The van der Waals surface area contributed by atoms with Crippen LogP contribution in [0.1, 0.15) is 49.7 Å². The van der Waals surface area contributed by atoms with Crippen molar-refractivity contribution in [2.24, 2.45) is 5.92 Å². The number of hydrogen-bond acceptors (Lipinski definition) is 3. The summed E-state index contributed by atoms with van der Waals surface area (Å²) in [5.41, 5.74) is 1.64. The lowest BCUT2D eigenvalue weighted by Gasteiger charge is -2.36. The Labute approximate surface area is 122 Å². The van der Waals surface area contributed by atoms with E-state index in [4.69, 9.17) is 4.43 Å². The topological polar surface area (TPSA) is 39.2 Å². The highest BCUT2D eigenvalue weighted by Crippen LogP contribution is 2.37. The van der Waals surface area contributed by atoms with Crippen LogP contribution in [0.4, 0.5) is 0 Å². The van der Waals surface area contributed by atoms with Gasteiger partial charge in [-0.2, -0.15) is 0 Å². The van der Waals surface area contributed by atoms with Gasteiger partial charge in [-0.3, -0.25) is 9.78 Å². The van der Waals surface area contributed by atoms with Crippen LogP contribution in [0.3, 0.4) is 0 Å². The van der Waals surface area contributed by atoms with E-state index in [0.717, 1.165) is 24.1 Å². The van der Waals surface area contributed by atoms with Crippen molar-refractivity contribution < 1.29 is 9.22 Å². The van der Waals surface area contributed by atoms with E-state index in [9.17, 15) is 4.79 Å². The van der Waals surface area contributed by atoms with Crippen molar-refractivity contribution in [1.82, 2.24) is 4.98 Å². The summed E-state index contributed by atoms with van der Waals surface area (Å²) in [7, 11) is -1.74. The molecule has 0 spiro atoms. The zero-order chi connectivity index (χ0) is 15.0. The van der Waals surface area contributed by atoms with Crippen molar-refractivity contribution in [2.45, 2.75) is 58.4 Å². The summed E-state index contributed by atoms with van der Waals surface area (Å²) in [6.45, 7) is 11.7. The first-order chi connectivity index (χ1) is 9.21. The van der Waals surface area contributed by atoms with Crippen molar-refractivity contribution >= 4 is 14.1 Å². The maximum atomic E-state index is 11.9. The molecule has 0 unspecified atom stereocenters. The minimum atomic E-state index is -1.74. The van der Waals surface area contributed by atoms with Gasteiger partial charge in [-0.05, 0) is 43.1 Å². The molecular formula is C16H25NO2Si. The molecule has 0 aromatic carbocycles. The van der Waals surface area contributed by atoms with Crippen molar-refractivity contribution in [3.8, 4) is 0 Å². The number of carbonyl (C=O) groups excluding carboxylic acids is 1. The summed E-state index contributed by atoms with van der Waals surface area (Å²) in [5, 5.41) is 0.203. The first-order valence-corrected chi connectivity index (χ1v) is 10.2. The monoisotopic (exact) mass is 291 g/mol. The van der Waals surface area contributed by atoms with Crippen LogP contribution >= 0.6 is 0 Å². The standard InChI is InChI=1S/C16H25NO2Si/c1-16(2,3)20(4,5)19-11-14-9-8-13(10-17-14)15(18)12-6-7-12/h8-10,12H,6-7,11H2,1-5H3. The van der Waals surface area contributed by atoms with Crippen LogP contribution in [0.5, 0.6) is 0 Å². The number of rotatable bonds is 5. The van der Waals surface area contributed by atoms with Gasteiger partial charge in [0.1, 0.15) is 0 Å². The third kappa shape index (κ3) is 3.55. The predicted molar refractivity (Wildman–Crippen MR) is 83.3 cm³/mol. The lowest BCUT2D eigenvalue weighted by Crippen LogP contribution is -2.40. The minimum absolute atomic E-state index is 0.203. The van der Waals surface area contributed by atoms with Gasteiger partial charge in [-0.25, -0.2) is 0 Å². The summed E-state index contributed by atoms with van der Waals surface area (Å²) < 4.78 is 6.13. The molecule has 0 radical (unpaired) electrons. The molecule has 3 nitrogen and oxygen atoms in total. The van der Waals surface area contributed by atoms with Crippen LogP contribution in [0, 0.1) is 5.92 Å². The summed E-state index contributed by atoms with van der Waals surface area (Å²) in [6, 6.07) is 3.81. The fourth-order valence-electron chi connectivity index (χ4n) is 1.71. The van der Waals surface area contributed by atoms with Crippen molar-refractivity contribution in [3.05, 3.63) is 29.6 Å². The van der Waals surface area contributed by atoms with Gasteiger partial charge >= 0.3 is 0 Å². The average molecular weight is 291 g/mol. The van der Waals surface area contributed by atoms with Gasteiger partial charge in [-0.15, -0.1) is 0 Å². The zero-order valence-corrected chi connectivity index (χ0v) is 14.2. The maximum Gasteiger partial charge on any atom is 0.192 e. The lowest BCUT2D eigenvalue weighted by atomic mass is 10.1.